The SMILES string of the molecule is CCCC1(O)CN(C(=O)CSc2ccc(OC)cc2)C1. The van der Waals surface area contributed by atoms with Crippen LogP contribution in [0, 0.1) is 0 Å². The van der Waals surface area contributed by atoms with Crippen LogP contribution in [0.4, 0.5) is 0 Å². The predicted octanol–water partition coefficient (Wildman–Crippen LogP) is 2.16. The van der Waals surface area contributed by atoms with Crippen LogP contribution in [-0.2, 0) is 4.79 Å². The maximum Gasteiger partial charge on any atom is 0.233 e. The summed E-state index contributed by atoms with van der Waals surface area (Å²) in [6.45, 7) is 2.99. The highest BCUT2D eigenvalue weighted by Crippen LogP contribution is 2.27. The molecule has 1 N–H and O–H groups in total. The second kappa shape index (κ2) is 6.50. The number of rotatable bonds is 6. The molecule has 1 fully saturated rings. The minimum absolute atomic E-state index is 0.0894. The second-order valence-electron chi connectivity index (χ2n) is 5.19. The molecule has 1 aliphatic rings. The molecule has 0 aliphatic carbocycles. The van der Waals surface area contributed by atoms with Gasteiger partial charge >= 0.3 is 0 Å². The molecule has 20 heavy (non-hydrogen) atoms. The van der Waals surface area contributed by atoms with E-state index in [4.69, 9.17) is 4.74 Å². The molecular formula is C15H21NO3S. The van der Waals surface area contributed by atoms with Crippen molar-refractivity contribution in [2.75, 3.05) is 26.0 Å². The molecule has 1 aliphatic heterocycles. The number of hydrogen-bond donors (Lipinski definition) is 1. The van der Waals surface area contributed by atoms with Gasteiger partial charge in [-0.25, -0.2) is 0 Å². The maximum atomic E-state index is 12.0. The van der Waals surface area contributed by atoms with Gasteiger partial charge in [-0.3, -0.25) is 4.79 Å². The number of nitrogens with zero attached hydrogens (tertiary/aromatic N) is 1. The molecule has 1 heterocycles. The standard InChI is InChI=1S/C15H21NO3S/c1-3-8-15(18)10-16(11-15)14(17)9-20-13-6-4-12(19-2)5-7-13/h4-7,18H,3,8-11H2,1-2H3. The molecule has 1 aromatic carbocycles. The van der Waals surface area contributed by atoms with Crippen molar-refractivity contribution >= 4 is 17.7 Å². The first-order valence-electron chi connectivity index (χ1n) is 6.83. The van der Waals surface area contributed by atoms with Gasteiger partial charge in [-0.05, 0) is 30.7 Å². The number of β-amino-alcohol motifs (C(OH)–C–C–N with tert-alkyl or cyclic N) is 1. The van der Waals surface area contributed by atoms with Gasteiger partial charge in [0.05, 0.1) is 31.6 Å². The lowest BCUT2D eigenvalue weighted by Crippen LogP contribution is -2.63. The molecule has 5 heteroatoms. The third kappa shape index (κ3) is 3.67. The number of aliphatic hydroxyl groups is 1. The Hall–Kier alpha value is -1.20. The molecule has 0 saturated carbocycles. The van der Waals surface area contributed by atoms with Gasteiger partial charge in [-0.2, -0.15) is 0 Å². The van der Waals surface area contributed by atoms with Crippen molar-refractivity contribution in [1.82, 2.24) is 4.90 Å². The molecule has 4 nitrogen and oxygen atoms in total. The Morgan fingerprint density at radius 1 is 1.40 bits per heavy atom. The molecule has 2 rings (SSSR count). The van der Waals surface area contributed by atoms with Crippen LogP contribution in [-0.4, -0.2) is 47.5 Å². The number of methoxy groups -OCH3 is 1. The zero-order valence-electron chi connectivity index (χ0n) is 12.0. The Balaban J connectivity index is 1.76. The average molecular weight is 295 g/mol. The highest BCUT2D eigenvalue weighted by Gasteiger charge is 2.42. The third-order valence-corrected chi connectivity index (χ3v) is 4.46. The normalized spacial score (nSPS) is 16.6. The Morgan fingerprint density at radius 2 is 2.05 bits per heavy atom. The van der Waals surface area contributed by atoms with Crippen LogP contribution >= 0.6 is 11.8 Å². The Labute approximate surface area is 124 Å². The quantitative estimate of drug-likeness (QED) is 0.817. The fourth-order valence-corrected chi connectivity index (χ4v) is 3.17. The summed E-state index contributed by atoms with van der Waals surface area (Å²) in [6.07, 6.45) is 1.71. The lowest BCUT2D eigenvalue weighted by molar-refractivity contribution is -0.153. The minimum atomic E-state index is -0.644. The van der Waals surface area contributed by atoms with E-state index in [1.807, 2.05) is 31.2 Å². The smallest absolute Gasteiger partial charge is 0.233 e. The summed E-state index contributed by atoms with van der Waals surface area (Å²) in [5.41, 5.74) is -0.644. The number of ether oxygens (including phenoxy) is 1. The van der Waals surface area contributed by atoms with Crippen molar-refractivity contribution in [3.05, 3.63) is 24.3 Å². The number of hydrogen-bond acceptors (Lipinski definition) is 4. The first kappa shape index (κ1) is 15.2. The summed E-state index contributed by atoms with van der Waals surface area (Å²) < 4.78 is 5.09. The molecule has 0 aromatic heterocycles. The lowest BCUT2D eigenvalue weighted by atomic mass is 9.89. The van der Waals surface area contributed by atoms with Crippen LogP contribution in [0.1, 0.15) is 19.8 Å². The first-order chi connectivity index (χ1) is 9.56. The molecule has 0 bridgehead atoms. The highest BCUT2D eigenvalue weighted by molar-refractivity contribution is 8.00. The van der Waals surface area contributed by atoms with E-state index >= 15 is 0 Å². The van der Waals surface area contributed by atoms with Gasteiger partial charge in [0.1, 0.15) is 5.75 Å². The molecule has 1 saturated heterocycles. The molecule has 1 aromatic rings. The van der Waals surface area contributed by atoms with Gasteiger partial charge < -0.3 is 14.7 Å². The van der Waals surface area contributed by atoms with Gasteiger partial charge in [0.2, 0.25) is 5.91 Å². The van der Waals surface area contributed by atoms with E-state index in [2.05, 4.69) is 0 Å². The van der Waals surface area contributed by atoms with E-state index in [-0.39, 0.29) is 5.91 Å². The molecule has 1 amide bonds. The van der Waals surface area contributed by atoms with E-state index in [1.165, 1.54) is 11.8 Å². The fourth-order valence-electron chi connectivity index (χ4n) is 2.37. The van der Waals surface area contributed by atoms with Crippen molar-refractivity contribution in [3.63, 3.8) is 0 Å². The van der Waals surface area contributed by atoms with E-state index in [0.717, 1.165) is 23.5 Å². The molecule has 0 atom stereocenters. The number of carbonyl (C=O) groups excluding carboxylic acids is 1. The van der Waals surface area contributed by atoms with Crippen molar-refractivity contribution in [1.29, 1.82) is 0 Å². The van der Waals surface area contributed by atoms with E-state index in [9.17, 15) is 9.90 Å². The largest absolute Gasteiger partial charge is 0.497 e. The monoisotopic (exact) mass is 295 g/mol. The van der Waals surface area contributed by atoms with Crippen molar-refractivity contribution in [2.24, 2.45) is 0 Å². The van der Waals surface area contributed by atoms with E-state index in [1.54, 1.807) is 12.0 Å². The molecule has 0 spiro atoms. The van der Waals surface area contributed by atoms with Crippen molar-refractivity contribution in [3.8, 4) is 5.75 Å². The number of thioether (sulfide) groups is 1. The number of benzene rings is 1. The third-order valence-electron chi connectivity index (χ3n) is 3.46. The molecule has 0 radical (unpaired) electrons. The minimum Gasteiger partial charge on any atom is -0.497 e. The number of likely N-dealkylation sites (tertiary alicyclic amines) is 1. The van der Waals surface area contributed by atoms with Crippen molar-refractivity contribution in [2.45, 2.75) is 30.3 Å². The number of amides is 1. The summed E-state index contributed by atoms with van der Waals surface area (Å²) >= 11 is 1.51. The molecule has 0 unspecified atom stereocenters. The van der Waals surface area contributed by atoms with Crippen molar-refractivity contribution < 1.29 is 14.6 Å². The van der Waals surface area contributed by atoms with Gasteiger partial charge in [0.25, 0.3) is 0 Å². The maximum absolute atomic E-state index is 12.0. The van der Waals surface area contributed by atoms with Crippen LogP contribution in [0.5, 0.6) is 5.75 Å². The van der Waals surface area contributed by atoms with Crippen LogP contribution in [0.15, 0.2) is 29.2 Å². The summed E-state index contributed by atoms with van der Waals surface area (Å²) in [4.78, 5) is 14.8. The first-order valence-corrected chi connectivity index (χ1v) is 7.82. The lowest BCUT2D eigenvalue weighted by Gasteiger charge is -2.46. The van der Waals surface area contributed by atoms with Gasteiger partial charge in [0, 0.05) is 4.90 Å². The average Bonchev–Trinajstić information content (AvgIpc) is 2.43. The zero-order chi connectivity index (χ0) is 14.6. The Bertz CT molecular complexity index is 455. The summed E-state index contributed by atoms with van der Waals surface area (Å²) in [6, 6.07) is 7.66. The topological polar surface area (TPSA) is 49.8 Å². The fraction of sp³-hybridized carbons (Fsp3) is 0.533. The molecule has 110 valence electrons. The van der Waals surface area contributed by atoms with E-state index in [0.29, 0.717) is 18.8 Å². The summed E-state index contributed by atoms with van der Waals surface area (Å²) in [7, 11) is 1.63. The van der Waals surface area contributed by atoms with Crippen LogP contribution in [0.3, 0.4) is 0 Å². The van der Waals surface area contributed by atoms with E-state index < -0.39 is 5.60 Å². The summed E-state index contributed by atoms with van der Waals surface area (Å²) in [5, 5.41) is 10.1. The predicted molar refractivity (Wildman–Crippen MR) is 80.2 cm³/mol. The second-order valence-corrected chi connectivity index (χ2v) is 6.24. The zero-order valence-corrected chi connectivity index (χ0v) is 12.8. The Kier molecular flexibility index (Phi) is 4.94. The Morgan fingerprint density at radius 3 is 2.60 bits per heavy atom. The van der Waals surface area contributed by atoms with Crippen LogP contribution in [0.25, 0.3) is 0 Å². The van der Waals surface area contributed by atoms with Crippen LogP contribution < -0.4 is 4.74 Å². The number of carbonyl (C=O) groups is 1. The van der Waals surface area contributed by atoms with Gasteiger partial charge in [-0.1, -0.05) is 13.3 Å². The highest BCUT2D eigenvalue weighted by atomic mass is 32.2. The summed E-state index contributed by atoms with van der Waals surface area (Å²) in [5.74, 6) is 1.31. The van der Waals surface area contributed by atoms with Gasteiger partial charge in [-0.15, -0.1) is 11.8 Å². The van der Waals surface area contributed by atoms with Gasteiger partial charge in [0.15, 0.2) is 0 Å². The molecular weight excluding hydrogens is 274 g/mol. The van der Waals surface area contributed by atoms with Crippen LogP contribution in [0.2, 0.25) is 0 Å².